The number of amides is 1. The first-order chi connectivity index (χ1) is 9.93. The molecule has 0 saturated heterocycles. The summed E-state index contributed by atoms with van der Waals surface area (Å²) in [5, 5.41) is 0. The van der Waals surface area contributed by atoms with E-state index < -0.39 is 31.5 Å². The second-order valence-corrected chi connectivity index (χ2v) is 8.36. The van der Waals surface area contributed by atoms with Gasteiger partial charge in [-0.1, -0.05) is 12.1 Å². The third-order valence-electron chi connectivity index (χ3n) is 2.42. The van der Waals surface area contributed by atoms with Crippen molar-refractivity contribution in [3.63, 3.8) is 0 Å². The lowest BCUT2D eigenvalue weighted by molar-refractivity contribution is -0.113. The molecule has 0 saturated carbocycles. The smallest absolute Gasteiger partial charge is 0.272 e. The Morgan fingerprint density at radius 3 is 2.14 bits per heavy atom. The van der Waals surface area contributed by atoms with E-state index in [2.05, 4.69) is 4.99 Å². The molecule has 0 radical (unpaired) electrons. The fourth-order valence-electron chi connectivity index (χ4n) is 1.68. The molecule has 0 fully saturated rings. The van der Waals surface area contributed by atoms with E-state index in [0.29, 0.717) is 0 Å². The molecule has 0 aliphatic rings. The zero-order valence-corrected chi connectivity index (χ0v) is 13.5. The fourth-order valence-corrected chi connectivity index (χ4v) is 4.36. The number of guanidine groups is 1. The van der Waals surface area contributed by atoms with Gasteiger partial charge in [0.25, 0.3) is 5.91 Å². The Balaban J connectivity index is 3.55. The molecule has 0 spiro atoms. The predicted molar refractivity (Wildman–Crippen MR) is 82.5 cm³/mol. The minimum atomic E-state index is -3.85. The minimum Gasteiger partial charge on any atom is -0.370 e. The van der Waals surface area contributed by atoms with Crippen LogP contribution in [0.15, 0.2) is 39.1 Å². The minimum absolute atomic E-state index is 0.0459. The van der Waals surface area contributed by atoms with Crippen molar-refractivity contribution in [2.75, 3.05) is 12.5 Å². The Hall–Kier alpha value is -2.20. The Kier molecular flexibility index (Phi) is 5.09. The molecule has 10 heteroatoms. The Morgan fingerprint density at radius 2 is 1.68 bits per heavy atom. The van der Waals surface area contributed by atoms with Gasteiger partial charge in [-0.3, -0.25) is 4.79 Å². The van der Waals surface area contributed by atoms with Crippen LogP contribution in [0.2, 0.25) is 0 Å². The molecule has 1 amide bonds. The van der Waals surface area contributed by atoms with Crippen molar-refractivity contribution >= 4 is 37.6 Å². The van der Waals surface area contributed by atoms with Gasteiger partial charge in [0.15, 0.2) is 25.6 Å². The summed E-state index contributed by atoms with van der Waals surface area (Å²) in [6.45, 7) is 0. The van der Waals surface area contributed by atoms with Crippen LogP contribution in [0.1, 0.15) is 5.56 Å². The number of rotatable bonds is 4. The van der Waals surface area contributed by atoms with Gasteiger partial charge in [-0.05, 0) is 17.7 Å². The third kappa shape index (κ3) is 4.67. The molecule has 120 valence electrons. The van der Waals surface area contributed by atoms with Crippen LogP contribution in [-0.2, 0) is 24.5 Å². The third-order valence-corrected chi connectivity index (χ3v) is 4.89. The second kappa shape index (κ2) is 6.28. The Morgan fingerprint density at radius 1 is 1.09 bits per heavy atom. The van der Waals surface area contributed by atoms with E-state index in [0.717, 1.165) is 24.7 Å². The highest BCUT2D eigenvalue weighted by atomic mass is 32.2. The van der Waals surface area contributed by atoms with Gasteiger partial charge in [0.2, 0.25) is 0 Å². The summed E-state index contributed by atoms with van der Waals surface area (Å²) >= 11 is 0. The monoisotopic (exact) mass is 345 g/mol. The quantitative estimate of drug-likeness (QED) is 0.416. The molecule has 0 aliphatic carbocycles. The van der Waals surface area contributed by atoms with Crippen LogP contribution in [-0.4, -0.2) is 41.2 Å². The van der Waals surface area contributed by atoms with Crippen LogP contribution in [0.3, 0.4) is 0 Å². The number of hydrogen-bond donors (Lipinski definition) is 2. The van der Waals surface area contributed by atoms with E-state index in [1.165, 1.54) is 18.2 Å². The van der Waals surface area contributed by atoms with Crippen molar-refractivity contribution in [2.24, 2.45) is 16.5 Å². The molecule has 0 aliphatic heterocycles. The maximum absolute atomic E-state index is 11.9. The number of benzene rings is 1. The van der Waals surface area contributed by atoms with Crippen molar-refractivity contribution in [3.05, 3.63) is 29.8 Å². The van der Waals surface area contributed by atoms with Gasteiger partial charge in [0, 0.05) is 18.6 Å². The Bertz CT molecular complexity index is 864. The molecule has 0 heterocycles. The highest BCUT2D eigenvalue weighted by Crippen LogP contribution is 2.26. The number of nitrogens with two attached hydrogens (primary N) is 2. The van der Waals surface area contributed by atoms with Crippen LogP contribution in [0.25, 0.3) is 6.08 Å². The molecule has 4 N–H and O–H groups in total. The normalized spacial score (nSPS) is 12.3. The van der Waals surface area contributed by atoms with Crippen molar-refractivity contribution in [1.82, 2.24) is 0 Å². The van der Waals surface area contributed by atoms with Gasteiger partial charge in [-0.25, -0.2) is 16.8 Å². The number of hydrogen-bond acceptors (Lipinski definition) is 5. The number of nitrogens with zero attached hydrogens (tertiary/aromatic N) is 1. The summed E-state index contributed by atoms with van der Waals surface area (Å²) in [4.78, 5) is 13.9. The molecule has 0 atom stereocenters. The van der Waals surface area contributed by atoms with Gasteiger partial charge in [0.05, 0.1) is 9.79 Å². The highest BCUT2D eigenvalue weighted by Gasteiger charge is 2.23. The molecule has 0 unspecified atom stereocenters. The molecular weight excluding hydrogens is 330 g/mol. The van der Waals surface area contributed by atoms with Gasteiger partial charge < -0.3 is 11.5 Å². The number of sulfone groups is 2. The maximum Gasteiger partial charge on any atom is 0.272 e. The zero-order valence-electron chi connectivity index (χ0n) is 11.8. The summed E-state index contributed by atoms with van der Waals surface area (Å²) < 4.78 is 47.2. The average Bonchev–Trinajstić information content (AvgIpc) is 2.32. The van der Waals surface area contributed by atoms with E-state index in [1.807, 2.05) is 0 Å². The van der Waals surface area contributed by atoms with Crippen molar-refractivity contribution < 1.29 is 21.6 Å². The maximum atomic E-state index is 11.9. The highest BCUT2D eigenvalue weighted by molar-refractivity contribution is 7.93. The van der Waals surface area contributed by atoms with Crippen molar-refractivity contribution in [2.45, 2.75) is 9.79 Å². The Labute approximate surface area is 128 Å². The molecule has 0 bridgehead atoms. The number of carbonyl (C=O) groups excluding carboxylic acids is 1. The van der Waals surface area contributed by atoms with Crippen LogP contribution < -0.4 is 11.5 Å². The largest absolute Gasteiger partial charge is 0.370 e. The first-order valence-corrected chi connectivity index (χ1v) is 9.56. The van der Waals surface area contributed by atoms with Gasteiger partial charge >= 0.3 is 0 Å². The number of carbonyl (C=O) groups is 1. The molecule has 8 nitrogen and oxygen atoms in total. The first kappa shape index (κ1) is 17.9. The predicted octanol–water partition coefficient (Wildman–Crippen LogP) is -0.693. The van der Waals surface area contributed by atoms with Crippen molar-refractivity contribution in [3.8, 4) is 0 Å². The average molecular weight is 345 g/mol. The second-order valence-electron chi connectivity index (χ2n) is 4.43. The lowest BCUT2D eigenvalue weighted by Crippen LogP contribution is -2.23. The van der Waals surface area contributed by atoms with E-state index in [4.69, 9.17) is 11.5 Å². The van der Waals surface area contributed by atoms with Crippen LogP contribution in [0, 0.1) is 0 Å². The molecule has 22 heavy (non-hydrogen) atoms. The standard InChI is InChI=1S/C12H15N3O5S2/c1-21(17,18)9-5-3-4-8(11(9)22(2,19)20)6-7-10(16)15-12(13)14/h3-7H,1-2H3,(H4,13,14,15,16). The molecule has 0 aromatic heterocycles. The van der Waals surface area contributed by atoms with Crippen molar-refractivity contribution in [1.29, 1.82) is 0 Å². The van der Waals surface area contributed by atoms with Gasteiger partial charge in [0.1, 0.15) is 0 Å². The van der Waals surface area contributed by atoms with Crippen LogP contribution in [0.5, 0.6) is 0 Å². The topological polar surface area (TPSA) is 150 Å². The summed E-state index contributed by atoms with van der Waals surface area (Å²) in [5.74, 6) is -1.24. The van der Waals surface area contributed by atoms with E-state index in [1.54, 1.807) is 0 Å². The molecule has 1 rings (SSSR count). The van der Waals surface area contributed by atoms with E-state index >= 15 is 0 Å². The summed E-state index contributed by atoms with van der Waals surface area (Å²) in [7, 11) is -7.61. The summed E-state index contributed by atoms with van der Waals surface area (Å²) in [6, 6.07) is 3.92. The molecular formula is C12H15N3O5S2. The van der Waals surface area contributed by atoms with Gasteiger partial charge in [-0.15, -0.1) is 0 Å². The first-order valence-electron chi connectivity index (χ1n) is 5.77. The molecule has 1 aromatic carbocycles. The summed E-state index contributed by atoms with van der Waals surface area (Å²) in [5.41, 5.74) is 10.1. The molecule has 1 aromatic rings. The summed E-state index contributed by atoms with van der Waals surface area (Å²) in [6.07, 6.45) is 3.86. The SMILES string of the molecule is CS(=O)(=O)c1cccc(C=CC(=O)N=C(N)N)c1S(C)(=O)=O. The number of aliphatic imine (C=N–C) groups is 1. The lowest BCUT2D eigenvalue weighted by Gasteiger charge is -2.09. The van der Waals surface area contributed by atoms with Crippen LogP contribution >= 0.6 is 0 Å². The van der Waals surface area contributed by atoms with E-state index in [-0.39, 0.29) is 15.4 Å². The van der Waals surface area contributed by atoms with Gasteiger partial charge in [-0.2, -0.15) is 4.99 Å². The van der Waals surface area contributed by atoms with Crippen LogP contribution in [0.4, 0.5) is 0 Å². The lowest BCUT2D eigenvalue weighted by atomic mass is 10.2. The zero-order chi connectivity index (χ0) is 17.1. The fraction of sp³-hybridized carbons (Fsp3) is 0.167. The van der Waals surface area contributed by atoms with E-state index in [9.17, 15) is 21.6 Å².